The van der Waals surface area contributed by atoms with Crippen LogP contribution in [0.2, 0.25) is 5.02 Å². The number of hydrogen-bond acceptors (Lipinski definition) is 2. The first-order valence-corrected chi connectivity index (χ1v) is 6.52. The predicted molar refractivity (Wildman–Crippen MR) is 72.7 cm³/mol. The van der Waals surface area contributed by atoms with Gasteiger partial charge in [-0.3, -0.25) is 0 Å². The fraction of sp³-hybridized carbons (Fsp3) is 0.143. The molecule has 0 saturated heterocycles. The summed E-state index contributed by atoms with van der Waals surface area (Å²) < 4.78 is 0. The van der Waals surface area contributed by atoms with Gasteiger partial charge >= 0.3 is 0 Å². The van der Waals surface area contributed by atoms with Crippen molar-refractivity contribution in [2.24, 2.45) is 0 Å². The van der Waals surface area contributed by atoms with E-state index in [9.17, 15) is 0 Å². The van der Waals surface area contributed by atoms with Gasteiger partial charge in [0.25, 0.3) is 0 Å². The largest absolute Gasteiger partial charge is 0.392 e. The van der Waals surface area contributed by atoms with Crippen LogP contribution in [0.5, 0.6) is 0 Å². The molecular weight excluding hydrogens is 252 g/mol. The summed E-state index contributed by atoms with van der Waals surface area (Å²) in [6.07, 6.45) is 0. The van der Waals surface area contributed by atoms with Crippen LogP contribution >= 0.6 is 23.4 Å². The molecule has 0 aliphatic rings. The first kappa shape index (κ1) is 12.5. The molecule has 0 aliphatic carbocycles. The molecule has 2 rings (SSSR count). The third-order valence-electron chi connectivity index (χ3n) is 2.43. The quantitative estimate of drug-likeness (QED) is 0.892. The van der Waals surface area contributed by atoms with Gasteiger partial charge in [0, 0.05) is 9.79 Å². The van der Waals surface area contributed by atoms with Crippen molar-refractivity contribution in [2.75, 3.05) is 0 Å². The average Bonchev–Trinajstić information content (AvgIpc) is 2.34. The molecule has 2 aromatic carbocycles. The van der Waals surface area contributed by atoms with Crippen molar-refractivity contribution in [3.63, 3.8) is 0 Å². The zero-order valence-corrected chi connectivity index (χ0v) is 11.1. The molecule has 0 spiro atoms. The third-order valence-corrected chi connectivity index (χ3v) is 3.94. The van der Waals surface area contributed by atoms with Gasteiger partial charge in [-0.25, -0.2) is 0 Å². The molecule has 0 bridgehead atoms. The highest BCUT2D eigenvalue weighted by Crippen LogP contribution is 2.33. The van der Waals surface area contributed by atoms with Crippen LogP contribution in [-0.4, -0.2) is 5.11 Å². The second-order valence-electron chi connectivity index (χ2n) is 3.84. The summed E-state index contributed by atoms with van der Waals surface area (Å²) in [4.78, 5) is 2.17. The second kappa shape index (κ2) is 5.58. The maximum Gasteiger partial charge on any atom is 0.0682 e. The van der Waals surface area contributed by atoms with Crippen molar-refractivity contribution in [3.05, 3.63) is 58.6 Å². The lowest BCUT2D eigenvalue weighted by Crippen LogP contribution is -1.84. The molecule has 17 heavy (non-hydrogen) atoms. The van der Waals surface area contributed by atoms with Gasteiger partial charge in [-0.15, -0.1) is 0 Å². The molecule has 0 aliphatic heterocycles. The van der Waals surface area contributed by atoms with Crippen molar-refractivity contribution in [2.45, 2.75) is 23.3 Å². The smallest absolute Gasteiger partial charge is 0.0682 e. The van der Waals surface area contributed by atoms with Crippen molar-refractivity contribution in [3.8, 4) is 0 Å². The molecule has 88 valence electrons. The van der Waals surface area contributed by atoms with Gasteiger partial charge in [-0.1, -0.05) is 47.1 Å². The van der Waals surface area contributed by atoms with Crippen molar-refractivity contribution in [1.29, 1.82) is 0 Å². The van der Waals surface area contributed by atoms with E-state index in [0.717, 1.165) is 15.4 Å². The van der Waals surface area contributed by atoms with Crippen LogP contribution in [0.15, 0.2) is 52.3 Å². The van der Waals surface area contributed by atoms with Crippen LogP contribution in [0.4, 0.5) is 0 Å². The lowest BCUT2D eigenvalue weighted by Gasteiger charge is -2.06. The fourth-order valence-electron chi connectivity index (χ4n) is 1.46. The van der Waals surface area contributed by atoms with Crippen LogP contribution in [-0.2, 0) is 6.61 Å². The fourth-order valence-corrected chi connectivity index (χ4v) is 2.60. The van der Waals surface area contributed by atoms with E-state index in [2.05, 4.69) is 31.2 Å². The lowest BCUT2D eigenvalue weighted by atomic mass is 10.2. The van der Waals surface area contributed by atoms with E-state index in [0.29, 0.717) is 5.02 Å². The summed E-state index contributed by atoms with van der Waals surface area (Å²) in [5, 5.41) is 9.69. The Morgan fingerprint density at radius 2 is 1.82 bits per heavy atom. The van der Waals surface area contributed by atoms with E-state index in [1.54, 1.807) is 17.8 Å². The Labute approximate surface area is 110 Å². The molecule has 0 radical (unpaired) electrons. The lowest BCUT2D eigenvalue weighted by molar-refractivity contribution is 0.282. The van der Waals surface area contributed by atoms with Crippen molar-refractivity contribution >= 4 is 23.4 Å². The summed E-state index contributed by atoms with van der Waals surface area (Å²) in [5.74, 6) is 0. The van der Waals surface area contributed by atoms with Gasteiger partial charge in [-0.2, -0.15) is 0 Å². The molecule has 2 aromatic rings. The van der Waals surface area contributed by atoms with Gasteiger partial charge in [0.05, 0.1) is 11.6 Å². The van der Waals surface area contributed by atoms with Gasteiger partial charge in [0.1, 0.15) is 0 Å². The Bertz CT molecular complexity index is 508. The number of aliphatic hydroxyl groups is 1. The number of rotatable bonds is 3. The molecule has 0 amide bonds. The highest BCUT2D eigenvalue weighted by atomic mass is 35.5. The molecule has 3 heteroatoms. The summed E-state index contributed by atoms with van der Waals surface area (Å²) in [7, 11) is 0. The predicted octanol–water partition coefficient (Wildman–Crippen LogP) is 4.29. The standard InChI is InChI=1S/C14H13ClOS/c1-10-2-5-12(6-3-10)17-14-7-4-11(9-16)8-13(14)15/h2-8,16H,9H2,1H3. The van der Waals surface area contributed by atoms with Crippen LogP contribution in [0.1, 0.15) is 11.1 Å². The van der Waals surface area contributed by atoms with Gasteiger partial charge in [0.2, 0.25) is 0 Å². The Hall–Kier alpha value is -0.960. The van der Waals surface area contributed by atoms with Crippen LogP contribution in [0.3, 0.4) is 0 Å². The zero-order valence-electron chi connectivity index (χ0n) is 9.48. The van der Waals surface area contributed by atoms with E-state index >= 15 is 0 Å². The van der Waals surface area contributed by atoms with E-state index in [1.807, 2.05) is 12.1 Å². The van der Waals surface area contributed by atoms with Crippen molar-refractivity contribution < 1.29 is 5.11 Å². The van der Waals surface area contributed by atoms with Crippen LogP contribution < -0.4 is 0 Å². The van der Waals surface area contributed by atoms with E-state index in [4.69, 9.17) is 16.7 Å². The normalized spacial score (nSPS) is 10.5. The van der Waals surface area contributed by atoms with Gasteiger partial charge in [0.15, 0.2) is 0 Å². The Morgan fingerprint density at radius 3 is 2.41 bits per heavy atom. The monoisotopic (exact) mass is 264 g/mol. The first-order valence-electron chi connectivity index (χ1n) is 5.33. The Balaban J connectivity index is 2.21. The van der Waals surface area contributed by atoms with Crippen LogP contribution in [0.25, 0.3) is 0 Å². The minimum Gasteiger partial charge on any atom is -0.392 e. The average molecular weight is 265 g/mol. The minimum absolute atomic E-state index is 0.0230. The zero-order chi connectivity index (χ0) is 12.3. The van der Waals surface area contributed by atoms with Crippen LogP contribution in [0, 0.1) is 6.92 Å². The SMILES string of the molecule is Cc1ccc(Sc2ccc(CO)cc2Cl)cc1. The van der Waals surface area contributed by atoms with E-state index in [-0.39, 0.29) is 6.61 Å². The molecule has 0 unspecified atom stereocenters. The highest BCUT2D eigenvalue weighted by molar-refractivity contribution is 7.99. The molecule has 0 heterocycles. The van der Waals surface area contributed by atoms with Crippen molar-refractivity contribution in [1.82, 2.24) is 0 Å². The first-order chi connectivity index (χ1) is 8.19. The second-order valence-corrected chi connectivity index (χ2v) is 5.36. The summed E-state index contributed by atoms with van der Waals surface area (Å²) in [6, 6.07) is 14.0. The number of aryl methyl sites for hydroxylation is 1. The summed E-state index contributed by atoms with van der Waals surface area (Å²) in [5.41, 5.74) is 2.08. The molecular formula is C14H13ClOS. The molecule has 1 N–H and O–H groups in total. The molecule has 1 nitrogen and oxygen atoms in total. The maximum absolute atomic E-state index is 9.01. The van der Waals surface area contributed by atoms with Gasteiger partial charge in [-0.05, 0) is 36.8 Å². The molecule has 0 aromatic heterocycles. The maximum atomic E-state index is 9.01. The number of benzene rings is 2. The molecule has 0 fully saturated rings. The number of halogens is 1. The summed E-state index contributed by atoms with van der Waals surface area (Å²) >= 11 is 7.79. The Kier molecular flexibility index (Phi) is 4.11. The highest BCUT2D eigenvalue weighted by Gasteiger charge is 2.03. The minimum atomic E-state index is 0.0230. The topological polar surface area (TPSA) is 20.2 Å². The molecule has 0 saturated carbocycles. The number of aliphatic hydroxyl groups excluding tert-OH is 1. The van der Waals surface area contributed by atoms with E-state index < -0.39 is 0 Å². The Morgan fingerprint density at radius 1 is 1.12 bits per heavy atom. The van der Waals surface area contributed by atoms with E-state index in [1.165, 1.54) is 5.56 Å². The number of hydrogen-bond donors (Lipinski definition) is 1. The molecule has 0 atom stereocenters. The summed E-state index contributed by atoms with van der Waals surface area (Å²) in [6.45, 7) is 2.09. The van der Waals surface area contributed by atoms with Gasteiger partial charge < -0.3 is 5.11 Å². The third kappa shape index (κ3) is 3.25.